The van der Waals surface area contributed by atoms with Crippen LogP contribution in [0.5, 0.6) is 5.88 Å². The number of benzene rings is 2. The maximum absolute atomic E-state index is 10.2. The van der Waals surface area contributed by atoms with Gasteiger partial charge in [-0.3, -0.25) is 0 Å². The summed E-state index contributed by atoms with van der Waals surface area (Å²) in [6, 6.07) is 19.0. The summed E-state index contributed by atoms with van der Waals surface area (Å²) < 4.78 is 1.80. The van der Waals surface area contributed by atoms with Gasteiger partial charge in [0.25, 0.3) is 0 Å². The molecule has 2 aromatic carbocycles. The minimum absolute atomic E-state index is 0.0158. The van der Waals surface area contributed by atoms with Gasteiger partial charge in [0.05, 0.1) is 11.7 Å². The molecule has 1 saturated heterocycles. The Morgan fingerprint density at radius 3 is 2.47 bits per heavy atom. The van der Waals surface area contributed by atoms with Gasteiger partial charge in [-0.15, -0.1) is 0 Å². The summed E-state index contributed by atoms with van der Waals surface area (Å²) in [7, 11) is 0. The summed E-state index contributed by atoms with van der Waals surface area (Å²) in [6.07, 6.45) is 5.68. The Labute approximate surface area is 197 Å². The highest BCUT2D eigenvalue weighted by atomic mass is 16.3. The molecule has 0 amide bonds. The Bertz CT molecular complexity index is 1480. The first-order valence-electron chi connectivity index (χ1n) is 11.6. The molecule has 1 aliphatic heterocycles. The summed E-state index contributed by atoms with van der Waals surface area (Å²) in [5.41, 5.74) is 6.53. The van der Waals surface area contributed by atoms with Crippen molar-refractivity contribution in [2.45, 2.75) is 25.9 Å². The van der Waals surface area contributed by atoms with Crippen LogP contribution in [0.2, 0.25) is 0 Å². The van der Waals surface area contributed by atoms with Crippen LogP contribution in [0, 0.1) is 0 Å². The summed E-state index contributed by atoms with van der Waals surface area (Å²) in [5, 5.41) is 19.2. The van der Waals surface area contributed by atoms with Gasteiger partial charge in [-0.05, 0) is 37.6 Å². The van der Waals surface area contributed by atoms with Crippen molar-refractivity contribution >= 4 is 22.2 Å². The number of nitrogens with zero attached hydrogens (tertiary/aromatic N) is 5. The molecule has 2 atom stereocenters. The van der Waals surface area contributed by atoms with Gasteiger partial charge in [0.15, 0.2) is 5.65 Å². The van der Waals surface area contributed by atoms with Crippen molar-refractivity contribution in [2.75, 3.05) is 18.0 Å². The quantitative estimate of drug-likeness (QED) is 0.421. The minimum atomic E-state index is -0.0158. The molecule has 0 radical (unpaired) electrons. The van der Waals surface area contributed by atoms with Gasteiger partial charge in [-0.1, -0.05) is 30.3 Å². The van der Waals surface area contributed by atoms with E-state index in [1.54, 1.807) is 16.8 Å². The minimum Gasteiger partial charge on any atom is -0.493 e. The molecule has 0 aliphatic carbocycles. The van der Waals surface area contributed by atoms with Crippen molar-refractivity contribution in [3.05, 3.63) is 73.2 Å². The van der Waals surface area contributed by atoms with Crippen molar-refractivity contribution < 1.29 is 5.11 Å². The number of anilines is 1. The van der Waals surface area contributed by atoms with E-state index in [4.69, 9.17) is 4.98 Å². The van der Waals surface area contributed by atoms with Crippen LogP contribution in [-0.2, 0) is 0 Å². The van der Waals surface area contributed by atoms with Crippen molar-refractivity contribution in [1.82, 2.24) is 24.9 Å². The predicted molar refractivity (Wildman–Crippen MR) is 135 cm³/mol. The van der Waals surface area contributed by atoms with Crippen molar-refractivity contribution in [3.8, 4) is 28.1 Å². The molecule has 7 nitrogen and oxygen atoms in total. The van der Waals surface area contributed by atoms with Crippen LogP contribution in [0.3, 0.4) is 0 Å². The molecule has 5 aromatic rings. The first-order valence-corrected chi connectivity index (χ1v) is 11.6. The molecule has 170 valence electrons. The molecular formula is C27H26N6O. The number of para-hydroxylation sites is 1. The smallest absolute Gasteiger partial charge is 0.211 e. The number of aromatic nitrogens is 4. The van der Waals surface area contributed by atoms with E-state index in [9.17, 15) is 5.11 Å². The molecule has 7 heteroatoms. The Balaban J connectivity index is 1.36. The maximum Gasteiger partial charge on any atom is 0.211 e. The molecule has 34 heavy (non-hydrogen) atoms. The Morgan fingerprint density at radius 1 is 0.912 bits per heavy atom. The van der Waals surface area contributed by atoms with Gasteiger partial charge < -0.3 is 15.3 Å². The van der Waals surface area contributed by atoms with Crippen LogP contribution in [0.25, 0.3) is 38.8 Å². The van der Waals surface area contributed by atoms with E-state index in [1.165, 1.54) is 5.69 Å². The highest BCUT2D eigenvalue weighted by molar-refractivity contribution is 5.98. The SMILES string of the molecule is CC1CNCC(C)N1c1ccc(-c2cnc3c(-c4cc(O)nc5ccccc45)cnn3c2)cc1. The van der Waals surface area contributed by atoms with E-state index in [0.29, 0.717) is 12.1 Å². The van der Waals surface area contributed by atoms with E-state index in [1.807, 2.05) is 36.7 Å². The van der Waals surface area contributed by atoms with Crippen molar-refractivity contribution in [2.24, 2.45) is 0 Å². The fourth-order valence-corrected chi connectivity index (χ4v) is 5.07. The second-order valence-electron chi connectivity index (χ2n) is 9.02. The van der Waals surface area contributed by atoms with Gasteiger partial charge >= 0.3 is 0 Å². The van der Waals surface area contributed by atoms with Gasteiger partial charge in [0, 0.05) is 71.4 Å². The normalized spacial score (nSPS) is 18.6. The lowest BCUT2D eigenvalue weighted by Crippen LogP contribution is -2.55. The number of fused-ring (bicyclic) bond motifs is 2. The zero-order chi connectivity index (χ0) is 23.2. The Hall–Kier alpha value is -3.97. The van der Waals surface area contributed by atoms with Gasteiger partial charge in [-0.2, -0.15) is 5.10 Å². The Kier molecular flexibility index (Phi) is 4.92. The molecule has 1 aliphatic rings. The molecule has 2 N–H and O–H groups in total. The van der Waals surface area contributed by atoms with E-state index in [2.05, 4.69) is 58.4 Å². The molecule has 0 bridgehead atoms. The first kappa shape index (κ1) is 20.6. The van der Waals surface area contributed by atoms with E-state index >= 15 is 0 Å². The van der Waals surface area contributed by atoms with Crippen LogP contribution >= 0.6 is 0 Å². The third-order valence-corrected chi connectivity index (χ3v) is 6.68. The van der Waals surface area contributed by atoms with Crippen molar-refractivity contribution in [3.63, 3.8) is 0 Å². The second-order valence-corrected chi connectivity index (χ2v) is 9.02. The highest BCUT2D eigenvalue weighted by Crippen LogP contribution is 2.33. The average Bonchev–Trinajstić information content (AvgIpc) is 3.27. The van der Waals surface area contributed by atoms with Crippen molar-refractivity contribution in [1.29, 1.82) is 0 Å². The number of nitrogens with one attached hydrogen (secondary N) is 1. The van der Waals surface area contributed by atoms with Crippen LogP contribution in [0.15, 0.2) is 73.2 Å². The average molecular weight is 451 g/mol. The molecule has 0 spiro atoms. The molecule has 2 unspecified atom stereocenters. The summed E-state index contributed by atoms with van der Waals surface area (Å²) in [5.74, 6) is -0.0158. The zero-order valence-electron chi connectivity index (χ0n) is 19.2. The standard InChI is InChI=1S/C27H26N6O/c1-17-12-28-13-18(2)33(17)21-9-7-19(8-10-21)20-14-29-27-24(15-30-32(27)16-20)23-11-26(34)31-25-6-4-3-5-22(23)25/h3-11,14-18,28H,12-13H2,1-2H3,(H,31,34). The molecule has 3 aromatic heterocycles. The lowest BCUT2D eigenvalue weighted by atomic mass is 10.0. The van der Waals surface area contributed by atoms with E-state index in [0.717, 1.165) is 51.9 Å². The molecule has 4 heterocycles. The molecule has 0 saturated carbocycles. The molecule has 6 rings (SSSR count). The first-order chi connectivity index (χ1) is 16.6. The van der Waals surface area contributed by atoms with E-state index in [-0.39, 0.29) is 5.88 Å². The van der Waals surface area contributed by atoms with Crippen LogP contribution in [0.4, 0.5) is 5.69 Å². The van der Waals surface area contributed by atoms with Gasteiger partial charge in [-0.25, -0.2) is 14.5 Å². The van der Waals surface area contributed by atoms with Crippen LogP contribution < -0.4 is 10.2 Å². The zero-order valence-corrected chi connectivity index (χ0v) is 19.2. The van der Waals surface area contributed by atoms with E-state index < -0.39 is 0 Å². The number of pyridine rings is 1. The number of rotatable bonds is 3. The predicted octanol–water partition coefficient (Wildman–Crippen LogP) is 4.50. The highest BCUT2D eigenvalue weighted by Gasteiger charge is 2.24. The third-order valence-electron chi connectivity index (χ3n) is 6.68. The van der Waals surface area contributed by atoms with Crippen LogP contribution in [0.1, 0.15) is 13.8 Å². The summed E-state index contributed by atoms with van der Waals surface area (Å²) in [4.78, 5) is 11.5. The fraction of sp³-hybridized carbons (Fsp3) is 0.222. The van der Waals surface area contributed by atoms with Gasteiger partial charge in [0.2, 0.25) is 5.88 Å². The topological polar surface area (TPSA) is 78.6 Å². The lowest BCUT2D eigenvalue weighted by molar-refractivity contribution is 0.432. The third kappa shape index (κ3) is 3.45. The second kappa shape index (κ2) is 8.11. The monoisotopic (exact) mass is 450 g/mol. The maximum atomic E-state index is 10.2. The molecular weight excluding hydrogens is 424 g/mol. The van der Waals surface area contributed by atoms with Crippen LogP contribution in [-0.4, -0.2) is 49.9 Å². The Morgan fingerprint density at radius 2 is 1.68 bits per heavy atom. The molecule has 1 fully saturated rings. The summed E-state index contributed by atoms with van der Waals surface area (Å²) >= 11 is 0. The van der Waals surface area contributed by atoms with Gasteiger partial charge in [0.1, 0.15) is 0 Å². The summed E-state index contributed by atoms with van der Waals surface area (Å²) in [6.45, 7) is 6.52. The largest absolute Gasteiger partial charge is 0.493 e. The lowest BCUT2D eigenvalue weighted by Gasteiger charge is -2.41. The fourth-order valence-electron chi connectivity index (χ4n) is 5.07. The number of hydrogen-bond donors (Lipinski definition) is 2. The number of piperazine rings is 1. The number of hydrogen-bond acceptors (Lipinski definition) is 6. The number of aromatic hydroxyl groups is 1.